The number of hydrogen-bond donors (Lipinski definition) is 5. The second-order valence-electron chi connectivity index (χ2n) is 9.48. The molecule has 9 nitrogen and oxygen atoms in total. The molecule has 8 N–H and O–H groups in total. The number of unbranched alkanes of at least 4 members (excludes halogenated alkanes) is 1. The van der Waals surface area contributed by atoms with Gasteiger partial charge in [-0.05, 0) is 56.4 Å². The van der Waals surface area contributed by atoms with Gasteiger partial charge in [-0.1, -0.05) is 49.7 Å². The first-order valence-corrected chi connectivity index (χ1v) is 13.3. The Kier molecular flexibility index (Phi) is 10.6. The lowest BCUT2D eigenvalue weighted by molar-refractivity contribution is 0.831. The van der Waals surface area contributed by atoms with E-state index in [4.69, 9.17) is 17.2 Å². The smallest absolute Gasteiger partial charge is 0.222 e. The van der Waals surface area contributed by atoms with E-state index in [2.05, 4.69) is 83.4 Å². The molecule has 0 saturated carbocycles. The summed E-state index contributed by atoms with van der Waals surface area (Å²) in [6.07, 6.45) is 2.26. The van der Waals surface area contributed by atoms with E-state index in [0.29, 0.717) is 24.9 Å². The minimum Gasteiger partial charge on any atom is -0.370 e. The molecule has 0 unspecified atom stereocenters. The standard InChI is InChI=1S/C16H22N4.C14H19N5/c1-4-5-9-18-15-10-14(19-16(17)20-15)13-8-6-7-11(2)12(13)3;1-9-4-3-5-11(10(9)2)12-8-13(17-7-6-15)19-14(16)18-12/h6-8,10H,4-5,9H2,1-3H3,(H3,17,18,19,20);3-5,8H,6-7,15H2,1-2H3,(H3,16,17,18,19). The Hall–Kier alpha value is -4.24. The summed E-state index contributed by atoms with van der Waals surface area (Å²) in [5.74, 6) is 2.07. The highest BCUT2D eigenvalue weighted by Crippen LogP contribution is 2.27. The van der Waals surface area contributed by atoms with E-state index in [0.717, 1.165) is 47.7 Å². The molecule has 0 aliphatic heterocycles. The molecule has 2 heterocycles. The molecule has 39 heavy (non-hydrogen) atoms. The fourth-order valence-corrected chi connectivity index (χ4v) is 4.04. The number of aryl methyl sites for hydroxylation is 2. The Labute approximate surface area is 231 Å². The number of anilines is 4. The van der Waals surface area contributed by atoms with Crippen molar-refractivity contribution in [1.29, 1.82) is 0 Å². The Morgan fingerprint density at radius 1 is 0.667 bits per heavy atom. The van der Waals surface area contributed by atoms with Crippen LogP contribution in [-0.2, 0) is 0 Å². The Balaban J connectivity index is 0.000000216. The summed E-state index contributed by atoms with van der Waals surface area (Å²) in [6.45, 7) is 12.6. The van der Waals surface area contributed by atoms with Crippen LogP contribution in [0.25, 0.3) is 22.5 Å². The summed E-state index contributed by atoms with van der Waals surface area (Å²) in [7, 11) is 0. The highest BCUT2D eigenvalue weighted by atomic mass is 15.1. The molecule has 0 spiro atoms. The summed E-state index contributed by atoms with van der Waals surface area (Å²) >= 11 is 0. The van der Waals surface area contributed by atoms with Gasteiger partial charge >= 0.3 is 0 Å². The van der Waals surface area contributed by atoms with Gasteiger partial charge in [0.15, 0.2) is 0 Å². The number of nitrogens with one attached hydrogen (secondary N) is 2. The molecule has 0 radical (unpaired) electrons. The van der Waals surface area contributed by atoms with Gasteiger partial charge in [-0.15, -0.1) is 0 Å². The predicted molar refractivity (Wildman–Crippen MR) is 164 cm³/mol. The van der Waals surface area contributed by atoms with Crippen molar-refractivity contribution < 1.29 is 0 Å². The van der Waals surface area contributed by atoms with Crippen LogP contribution in [0.2, 0.25) is 0 Å². The van der Waals surface area contributed by atoms with Crippen LogP contribution in [0.5, 0.6) is 0 Å². The summed E-state index contributed by atoms with van der Waals surface area (Å²) in [5.41, 5.74) is 25.8. The molecule has 9 heteroatoms. The van der Waals surface area contributed by atoms with E-state index in [9.17, 15) is 0 Å². The molecule has 0 aliphatic rings. The Morgan fingerprint density at radius 3 is 1.56 bits per heavy atom. The fraction of sp³-hybridized carbons (Fsp3) is 0.333. The number of nitrogen functional groups attached to an aromatic ring is 2. The minimum atomic E-state index is 0.262. The molecule has 0 aliphatic carbocycles. The van der Waals surface area contributed by atoms with E-state index >= 15 is 0 Å². The molecular formula is C30H41N9. The number of rotatable bonds is 9. The van der Waals surface area contributed by atoms with Crippen molar-refractivity contribution in [1.82, 2.24) is 19.9 Å². The van der Waals surface area contributed by atoms with E-state index in [-0.39, 0.29) is 5.95 Å². The lowest BCUT2D eigenvalue weighted by Crippen LogP contribution is -2.14. The third kappa shape index (κ3) is 8.12. The average molecular weight is 528 g/mol. The summed E-state index contributed by atoms with van der Waals surface area (Å²) in [6, 6.07) is 16.2. The van der Waals surface area contributed by atoms with Gasteiger partial charge in [-0.2, -0.15) is 9.97 Å². The Bertz CT molecular complexity index is 1390. The third-order valence-corrected chi connectivity index (χ3v) is 6.53. The summed E-state index contributed by atoms with van der Waals surface area (Å²) in [4.78, 5) is 17.1. The largest absolute Gasteiger partial charge is 0.370 e. The molecule has 0 saturated heterocycles. The zero-order valence-corrected chi connectivity index (χ0v) is 23.7. The second kappa shape index (κ2) is 14.1. The van der Waals surface area contributed by atoms with E-state index < -0.39 is 0 Å². The van der Waals surface area contributed by atoms with Gasteiger partial charge in [-0.25, -0.2) is 9.97 Å². The molecule has 0 amide bonds. The van der Waals surface area contributed by atoms with Gasteiger partial charge < -0.3 is 27.8 Å². The van der Waals surface area contributed by atoms with Crippen molar-refractivity contribution in [3.05, 3.63) is 70.8 Å². The van der Waals surface area contributed by atoms with Crippen LogP contribution in [0.3, 0.4) is 0 Å². The van der Waals surface area contributed by atoms with Gasteiger partial charge in [0, 0.05) is 42.9 Å². The molecular weight excluding hydrogens is 486 g/mol. The van der Waals surface area contributed by atoms with Crippen molar-refractivity contribution in [2.24, 2.45) is 5.73 Å². The quantitative estimate of drug-likeness (QED) is 0.183. The van der Waals surface area contributed by atoms with Crippen molar-refractivity contribution in [2.75, 3.05) is 41.7 Å². The van der Waals surface area contributed by atoms with Crippen LogP contribution in [0.15, 0.2) is 48.5 Å². The molecule has 4 rings (SSSR count). The minimum absolute atomic E-state index is 0.262. The highest BCUT2D eigenvalue weighted by Gasteiger charge is 2.09. The SMILES string of the molecule is CCCCNc1cc(-c2cccc(C)c2C)nc(N)n1.Cc1cccc(-c2cc(NCCN)nc(N)n2)c1C. The number of nitrogens with zero attached hydrogens (tertiary/aromatic N) is 4. The molecule has 0 bridgehead atoms. The van der Waals surface area contributed by atoms with Crippen LogP contribution < -0.4 is 27.8 Å². The van der Waals surface area contributed by atoms with Gasteiger partial charge in [0.1, 0.15) is 11.6 Å². The van der Waals surface area contributed by atoms with Gasteiger partial charge in [0.2, 0.25) is 11.9 Å². The zero-order chi connectivity index (χ0) is 28.4. The summed E-state index contributed by atoms with van der Waals surface area (Å²) in [5, 5.41) is 6.42. The zero-order valence-electron chi connectivity index (χ0n) is 23.7. The lowest BCUT2D eigenvalue weighted by Gasteiger charge is -2.11. The first-order valence-electron chi connectivity index (χ1n) is 13.3. The van der Waals surface area contributed by atoms with Gasteiger partial charge in [0.05, 0.1) is 11.4 Å². The van der Waals surface area contributed by atoms with Gasteiger partial charge in [-0.3, -0.25) is 0 Å². The van der Waals surface area contributed by atoms with Crippen molar-refractivity contribution in [2.45, 2.75) is 47.5 Å². The van der Waals surface area contributed by atoms with Crippen LogP contribution >= 0.6 is 0 Å². The van der Waals surface area contributed by atoms with E-state index in [1.807, 2.05) is 30.3 Å². The van der Waals surface area contributed by atoms with Crippen LogP contribution in [0.1, 0.15) is 42.0 Å². The lowest BCUT2D eigenvalue weighted by atomic mass is 10.0. The van der Waals surface area contributed by atoms with Crippen molar-refractivity contribution in [3.8, 4) is 22.5 Å². The molecule has 0 fully saturated rings. The van der Waals surface area contributed by atoms with Crippen molar-refractivity contribution >= 4 is 23.5 Å². The number of hydrogen-bond acceptors (Lipinski definition) is 9. The molecule has 0 atom stereocenters. The maximum atomic E-state index is 5.83. The van der Waals surface area contributed by atoms with Crippen LogP contribution in [-0.4, -0.2) is 39.6 Å². The van der Waals surface area contributed by atoms with Gasteiger partial charge in [0.25, 0.3) is 0 Å². The Morgan fingerprint density at radius 2 is 1.13 bits per heavy atom. The molecule has 206 valence electrons. The fourth-order valence-electron chi connectivity index (χ4n) is 4.04. The van der Waals surface area contributed by atoms with Crippen LogP contribution in [0, 0.1) is 27.7 Å². The second-order valence-corrected chi connectivity index (χ2v) is 9.48. The van der Waals surface area contributed by atoms with E-state index in [1.54, 1.807) is 0 Å². The van der Waals surface area contributed by atoms with Crippen molar-refractivity contribution in [3.63, 3.8) is 0 Å². The average Bonchev–Trinajstić information content (AvgIpc) is 2.90. The molecule has 2 aromatic carbocycles. The predicted octanol–water partition coefficient (Wildman–Crippen LogP) is 5.27. The maximum Gasteiger partial charge on any atom is 0.222 e. The summed E-state index contributed by atoms with van der Waals surface area (Å²) < 4.78 is 0. The van der Waals surface area contributed by atoms with E-state index in [1.165, 1.54) is 22.3 Å². The molecule has 4 aromatic rings. The first-order chi connectivity index (χ1) is 18.7. The molecule has 2 aromatic heterocycles. The number of aromatic nitrogens is 4. The normalized spacial score (nSPS) is 10.5. The monoisotopic (exact) mass is 527 g/mol. The maximum absolute atomic E-state index is 5.83. The highest BCUT2D eigenvalue weighted by molar-refractivity contribution is 5.69. The topological polar surface area (TPSA) is 154 Å². The number of nitrogens with two attached hydrogens (primary N) is 3. The first kappa shape index (κ1) is 29.3. The van der Waals surface area contributed by atoms with Crippen LogP contribution in [0.4, 0.5) is 23.5 Å². The third-order valence-electron chi connectivity index (χ3n) is 6.53. The number of benzene rings is 2.